The Morgan fingerprint density at radius 1 is 1.29 bits per heavy atom. The summed E-state index contributed by atoms with van der Waals surface area (Å²) in [5.74, 6) is -0.896. The molecule has 1 aromatic rings. The van der Waals surface area contributed by atoms with Gasteiger partial charge in [-0.1, -0.05) is 50.5 Å². The van der Waals surface area contributed by atoms with Crippen molar-refractivity contribution in [2.45, 2.75) is 46.0 Å². The lowest BCUT2D eigenvalue weighted by atomic mass is 9.92. The standard InChI is InChI=1S/C15H22O2/c1-3-4-5-10-14(15(16)17)11-13-9-7-6-8-12(13)2/h6-9,14H,3-5,10-11H2,1-2H3,(H,16,17). The summed E-state index contributed by atoms with van der Waals surface area (Å²) in [5, 5.41) is 9.22. The van der Waals surface area contributed by atoms with Crippen molar-refractivity contribution < 1.29 is 9.90 Å². The second kappa shape index (κ2) is 7.10. The van der Waals surface area contributed by atoms with E-state index in [-0.39, 0.29) is 5.92 Å². The Balaban J connectivity index is 2.61. The number of unbranched alkanes of at least 4 members (excludes halogenated alkanes) is 2. The molecule has 17 heavy (non-hydrogen) atoms. The van der Waals surface area contributed by atoms with Gasteiger partial charge in [-0.3, -0.25) is 4.79 Å². The lowest BCUT2D eigenvalue weighted by Crippen LogP contribution is -2.17. The Labute approximate surface area is 104 Å². The lowest BCUT2D eigenvalue weighted by Gasteiger charge is -2.13. The Morgan fingerprint density at radius 3 is 2.59 bits per heavy atom. The van der Waals surface area contributed by atoms with E-state index in [1.165, 1.54) is 5.56 Å². The Kier molecular flexibility index (Phi) is 5.75. The molecule has 0 aliphatic rings. The first-order valence-electron chi connectivity index (χ1n) is 6.42. The molecule has 2 nitrogen and oxygen atoms in total. The average molecular weight is 234 g/mol. The molecule has 0 heterocycles. The van der Waals surface area contributed by atoms with Crippen LogP contribution in [-0.4, -0.2) is 11.1 Å². The highest BCUT2D eigenvalue weighted by Crippen LogP contribution is 2.18. The SMILES string of the molecule is CCCCCC(Cc1ccccc1C)C(=O)O. The molecule has 1 unspecified atom stereocenters. The van der Waals surface area contributed by atoms with E-state index in [0.29, 0.717) is 6.42 Å². The molecule has 0 aromatic heterocycles. The van der Waals surface area contributed by atoms with Gasteiger partial charge in [-0.25, -0.2) is 0 Å². The second-order valence-corrected chi connectivity index (χ2v) is 4.66. The van der Waals surface area contributed by atoms with Crippen LogP contribution in [0, 0.1) is 12.8 Å². The molecule has 0 saturated heterocycles. The van der Waals surface area contributed by atoms with Gasteiger partial charge < -0.3 is 5.11 Å². The summed E-state index contributed by atoms with van der Waals surface area (Å²) in [6.07, 6.45) is 4.72. The Bertz CT molecular complexity index is 358. The van der Waals surface area contributed by atoms with Gasteiger partial charge in [0.2, 0.25) is 0 Å². The zero-order valence-electron chi connectivity index (χ0n) is 10.8. The molecule has 0 radical (unpaired) electrons. The molecular weight excluding hydrogens is 212 g/mol. The molecule has 0 saturated carbocycles. The monoisotopic (exact) mass is 234 g/mol. The molecule has 0 aliphatic carbocycles. The molecule has 0 spiro atoms. The predicted molar refractivity (Wildman–Crippen MR) is 70.2 cm³/mol. The summed E-state index contributed by atoms with van der Waals surface area (Å²) >= 11 is 0. The highest BCUT2D eigenvalue weighted by molar-refractivity contribution is 5.70. The maximum Gasteiger partial charge on any atom is 0.306 e. The summed E-state index contributed by atoms with van der Waals surface area (Å²) in [4.78, 5) is 11.2. The van der Waals surface area contributed by atoms with Crippen molar-refractivity contribution in [1.29, 1.82) is 0 Å². The van der Waals surface area contributed by atoms with Gasteiger partial charge in [0.05, 0.1) is 5.92 Å². The van der Waals surface area contributed by atoms with Gasteiger partial charge in [0.25, 0.3) is 0 Å². The van der Waals surface area contributed by atoms with Crippen LogP contribution in [0.25, 0.3) is 0 Å². The fraction of sp³-hybridized carbons (Fsp3) is 0.533. The highest BCUT2D eigenvalue weighted by atomic mass is 16.4. The van der Waals surface area contributed by atoms with E-state index >= 15 is 0 Å². The highest BCUT2D eigenvalue weighted by Gasteiger charge is 2.17. The largest absolute Gasteiger partial charge is 0.481 e. The van der Waals surface area contributed by atoms with Crippen molar-refractivity contribution in [3.63, 3.8) is 0 Å². The van der Waals surface area contributed by atoms with Crippen molar-refractivity contribution in [1.82, 2.24) is 0 Å². The third kappa shape index (κ3) is 4.59. The number of aryl methyl sites for hydroxylation is 1. The van der Waals surface area contributed by atoms with Crippen molar-refractivity contribution in [3.05, 3.63) is 35.4 Å². The Morgan fingerprint density at radius 2 is 2.00 bits per heavy atom. The smallest absolute Gasteiger partial charge is 0.306 e. The minimum atomic E-state index is -0.663. The average Bonchev–Trinajstić information content (AvgIpc) is 2.30. The van der Waals surface area contributed by atoms with Gasteiger partial charge in [-0.05, 0) is 30.9 Å². The van der Waals surface area contributed by atoms with E-state index in [4.69, 9.17) is 0 Å². The molecule has 2 heteroatoms. The van der Waals surface area contributed by atoms with Crippen molar-refractivity contribution in [2.75, 3.05) is 0 Å². The number of carboxylic acids is 1. The predicted octanol–water partition coefficient (Wildman–Crippen LogP) is 3.82. The summed E-state index contributed by atoms with van der Waals surface area (Å²) in [6, 6.07) is 8.05. The van der Waals surface area contributed by atoms with E-state index in [1.807, 2.05) is 31.2 Å². The first-order valence-corrected chi connectivity index (χ1v) is 6.42. The fourth-order valence-corrected chi connectivity index (χ4v) is 2.06. The van der Waals surface area contributed by atoms with Gasteiger partial charge >= 0.3 is 5.97 Å². The third-order valence-corrected chi connectivity index (χ3v) is 3.23. The van der Waals surface area contributed by atoms with Crippen molar-refractivity contribution >= 4 is 5.97 Å². The van der Waals surface area contributed by atoms with Crippen molar-refractivity contribution in [3.8, 4) is 0 Å². The number of carboxylic acid groups (broad SMARTS) is 1. The van der Waals surface area contributed by atoms with Gasteiger partial charge in [-0.15, -0.1) is 0 Å². The van der Waals surface area contributed by atoms with Crippen LogP contribution >= 0.6 is 0 Å². The lowest BCUT2D eigenvalue weighted by molar-refractivity contribution is -0.142. The van der Waals surface area contributed by atoms with Crippen LogP contribution in [0.3, 0.4) is 0 Å². The van der Waals surface area contributed by atoms with Crippen LogP contribution in [0.15, 0.2) is 24.3 Å². The molecule has 1 N–H and O–H groups in total. The van der Waals surface area contributed by atoms with Crippen LogP contribution in [0.5, 0.6) is 0 Å². The molecule has 1 rings (SSSR count). The van der Waals surface area contributed by atoms with E-state index in [1.54, 1.807) is 0 Å². The molecule has 0 amide bonds. The topological polar surface area (TPSA) is 37.3 Å². The number of rotatable bonds is 7. The minimum Gasteiger partial charge on any atom is -0.481 e. The maximum absolute atomic E-state index is 11.2. The minimum absolute atomic E-state index is 0.234. The molecule has 0 fully saturated rings. The third-order valence-electron chi connectivity index (χ3n) is 3.23. The van der Waals surface area contributed by atoms with Crippen LogP contribution < -0.4 is 0 Å². The summed E-state index contributed by atoms with van der Waals surface area (Å²) in [6.45, 7) is 4.18. The molecule has 1 aromatic carbocycles. The van der Waals surface area contributed by atoms with Gasteiger partial charge in [-0.2, -0.15) is 0 Å². The number of hydrogen-bond donors (Lipinski definition) is 1. The number of hydrogen-bond acceptors (Lipinski definition) is 1. The van der Waals surface area contributed by atoms with Crippen LogP contribution in [0.2, 0.25) is 0 Å². The summed E-state index contributed by atoms with van der Waals surface area (Å²) < 4.78 is 0. The van der Waals surface area contributed by atoms with Gasteiger partial charge in [0.15, 0.2) is 0 Å². The molecular formula is C15H22O2. The van der Waals surface area contributed by atoms with E-state index in [0.717, 1.165) is 31.2 Å². The molecule has 0 bridgehead atoms. The van der Waals surface area contributed by atoms with E-state index in [2.05, 4.69) is 6.92 Å². The number of aliphatic carboxylic acids is 1. The zero-order valence-corrected chi connectivity index (χ0v) is 10.8. The fourth-order valence-electron chi connectivity index (χ4n) is 2.06. The number of carbonyl (C=O) groups is 1. The van der Waals surface area contributed by atoms with Gasteiger partial charge in [0, 0.05) is 0 Å². The molecule has 0 aliphatic heterocycles. The normalized spacial score (nSPS) is 12.4. The van der Waals surface area contributed by atoms with E-state index < -0.39 is 5.97 Å². The van der Waals surface area contributed by atoms with Crippen LogP contribution in [0.4, 0.5) is 0 Å². The molecule has 94 valence electrons. The second-order valence-electron chi connectivity index (χ2n) is 4.66. The van der Waals surface area contributed by atoms with E-state index in [9.17, 15) is 9.90 Å². The number of benzene rings is 1. The van der Waals surface area contributed by atoms with Crippen LogP contribution in [-0.2, 0) is 11.2 Å². The first-order chi connectivity index (χ1) is 8.15. The molecule has 1 atom stereocenters. The maximum atomic E-state index is 11.2. The van der Waals surface area contributed by atoms with Gasteiger partial charge in [0.1, 0.15) is 0 Å². The van der Waals surface area contributed by atoms with Crippen molar-refractivity contribution in [2.24, 2.45) is 5.92 Å². The summed E-state index contributed by atoms with van der Waals surface area (Å²) in [7, 11) is 0. The quantitative estimate of drug-likeness (QED) is 0.728. The first kappa shape index (κ1) is 13.8. The zero-order chi connectivity index (χ0) is 12.7. The van der Waals surface area contributed by atoms with Crippen LogP contribution in [0.1, 0.15) is 43.7 Å². The summed E-state index contributed by atoms with van der Waals surface area (Å²) in [5.41, 5.74) is 2.35. The Hall–Kier alpha value is -1.31.